The average molecular weight is 293 g/mol. The van der Waals surface area contributed by atoms with E-state index in [2.05, 4.69) is 0 Å². The molecule has 0 atom stereocenters. The van der Waals surface area contributed by atoms with Gasteiger partial charge in [0, 0.05) is 0 Å². The Morgan fingerprint density at radius 1 is 0.889 bits per heavy atom. The van der Waals surface area contributed by atoms with Gasteiger partial charge in [0.15, 0.2) is 0 Å². The van der Waals surface area contributed by atoms with Crippen LogP contribution >= 0.6 is 0 Å². The lowest BCUT2D eigenvalue weighted by Crippen LogP contribution is -2.37. The van der Waals surface area contributed by atoms with Crippen LogP contribution in [-0.4, -0.2) is 14.7 Å². The molecular weight excluding hydrogens is 288 g/mol. The summed E-state index contributed by atoms with van der Waals surface area (Å²) in [6.07, 6.45) is -9.89. The van der Waals surface area contributed by atoms with Crippen molar-refractivity contribution in [1.29, 1.82) is 0 Å². The smallest absolute Gasteiger partial charge is 0.207 e. The molecule has 0 saturated heterocycles. The monoisotopic (exact) mass is 293 g/mol. The highest BCUT2D eigenvalue weighted by Gasteiger charge is 2.35. The van der Waals surface area contributed by atoms with Crippen LogP contribution in [-0.2, 0) is 16.2 Å². The van der Waals surface area contributed by atoms with Crippen LogP contribution in [0.15, 0.2) is 29.2 Å². The summed E-state index contributed by atoms with van der Waals surface area (Å²) in [7, 11) is -4.92. The van der Waals surface area contributed by atoms with Crippen molar-refractivity contribution < 1.29 is 34.8 Å². The Labute approximate surface area is 97.5 Å². The van der Waals surface area contributed by atoms with Crippen LogP contribution < -0.4 is 4.72 Å². The first kappa shape index (κ1) is 14.8. The molecule has 0 radical (unpaired) electrons. The van der Waals surface area contributed by atoms with E-state index in [1.54, 1.807) is 0 Å². The van der Waals surface area contributed by atoms with E-state index in [0.717, 1.165) is 0 Å². The zero-order valence-corrected chi connectivity index (χ0v) is 9.12. The fraction of sp³-hybridized carbons (Fsp3) is 0.250. The lowest BCUT2D eigenvalue weighted by molar-refractivity contribution is -0.139. The summed E-state index contributed by atoms with van der Waals surface area (Å²) >= 11 is 0. The molecule has 0 fully saturated rings. The van der Waals surface area contributed by atoms with Gasteiger partial charge in [-0.2, -0.15) is 26.3 Å². The average Bonchev–Trinajstić information content (AvgIpc) is 2.13. The number of rotatable bonds is 2. The molecule has 1 N–H and O–H groups in total. The van der Waals surface area contributed by atoms with Crippen molar-refractivity contribution in [3.63, 3.8) is 0 Å². The Bertz CT molecular complexity index is 516. The van der Waals surface area contributed by atoms with E-state index in [-0.39, 0.29) is 0 Å². The highest BCUT2D eigenvalue weighted by molar-refractivity contribution is 7.89. The summed E-state index contributed by atoms with van der Waals surface area (Å²) in [5, 5.41) is 0. The molecular formula is C8H5F6NO2S. The van der Waals surface area contributed by atoms with Crippen molar-refractivity contribution in [2.45, 2.75) is 17.4 Å². The molecule has 0 aliphatic carbocycles. The van der Waals surface area contributed by atoms with Gasteiger partial charge in [0.05, 0.1) is 10.5 Å². The van der Waals surface area contributed by atoms with Crippen LogP contribution in [0.4, 0.5) is 26.3 Å². The molecule has 1 aromatic rings. The minimum atomic E-state index is -5.19. The summed E-state index contributed by atoms with van der Waals surface area (Å²) in [6, 6.07) is 1.64. The minimum Gasteiger partial charge on any atom is -0.207 e. The quantitative estimate of drug-likeness (QED) is 0.672. The third-order valence-corrected chi connectivity index (χ3v) is 3.13. The van der Waals surface area contributed by atoms with Crippen molar-refractivity contribution in [1.82, 2.24) is 4.72 Å². The van der Waals surface area contributed by atoms with Gasteiger partial charge < -0.3 is 0 Å². The Hall–Kier alpha value is -1.29. The highest BCUT2D eigenvalue weighted by atomic mass is 32.2. The Kier molecular flexibility index (Phi) is 3.63. The number of nitrogens with one attached hydrogen (secondary N) is 1. The molecule has 0 aliphatic rings. The van der Waals surface area contributed by atoms with Gasteiger partial charge in [-0.05, 0) is 24.3 Å². The molecule has 0 unspecified atom stereocenters. The second kappa shape index (κ2) is 4.43. The number of benzene rings is 1. The molecule has 0 aromatic heterocycles. The molecule has 0 bridgehead atoms. The largest absolute Gasteiger partial charge is 0.470 e. The topological polar surface area (TPSA) is 46.2 Å². The molecule has 0 heterocycles. The van der Waals surface area contributed by atoms with Crippen LogP contribution in [0.25, 0.3) is 0 Å². The predicted molar refractivity (Wildman–Crippen MR) is 47.8 cm³/mol. The maximum Gasteiger partial charge on any atom is 0.470 e. The summed E-state index contributed by atoms with van der Waals surface area (Å²) in [5.41, 5.74) is -1.16. The predicted octanol–water partition coefficient (Wildman–Crippen LogP) is 2.50. The van der Waals surface area contributed by atoms with Crippen LogP contribution in [0.5, 0.6) is 0 Å². The second-order valence-electron chi connectivity index (χ2n) is 3.13. The lowest BCUT2D eigenvalue weighted by Gasteiger charge is -2.10. The third kappa shape index (κ3) is 3.88. The Morgan fingerprint density at radius 3 is 1.67 bits per heavy atom. The Balaban J connectivity index is 3.06. The van der Waals surface area contributed by atoms with E-state index < -0.39 is 33.0 Å². The van der Waals surface area contributed by atoms with Gasteiger partial charge in [-0.3, -0.25) is 0 Å². The molecule has 10 heteroatoms. The number of alkyl halides is 6. The van der Waals surface area contributed by atoms with Gasteiger partial charge in [0.1, 0.15) is 0 Å². The van der Waals surface area contributed by atoms with Crippen molar-refractivity contribution >= 4 is 10.0 Å². The van der Waals surface area contributed by atoms with Crippen molar-refractivity contribution in [2.75, 3.05) is 0 Å². The molecule has 0 aliphatic heterocycles. The van der Waals surface area contributed by atoms with E-state index >= 15 is 0 Å². The third-order valence-electron chi connectivity index (χ3n) is 1.74. The van der Waals surface area contributed by atoms with Gasteiger partial charge >= 0.3 is 12.5 Å². The van der Waals surface area contributed by atoms with Crippen LogP contribution in [0, 0.1) is 0 Å². The molecule has 3 nitrogen and oxygen atoms in total. The van der Waals surface area contributed by atoms with E-state index in [1.807, 2.05) is 0 Å². The second-order valence-corrected chi connectivity index (χ2v) is 4.81. The number of halogens is 6. The first-order valence-electron chi connectivity index (χ1n) is 4.20. The summed E-state index contributed by atoms with van der Waals surface area (Å²) in [4.78, 5) is -0.909. The first-order valence-corrected chi connectivity index (χ1v) is 5.68. The number of sulfonamides is 1. The van der Waals surface area contributed by atoms with Crippen molar-refractivity contribution in [3.05, 3.63) is 29.8 Å². The highest BCUT2D eigenvalue weighted by Crippen LogP contribution is 2.29. The summed E-state index contributed by atoms with van der Waals surface area (Å²) in [5.74, 6) is 0. The van der Waals surface area contributed by atoms with Crippen LogP contribution in [0.1, 0.15) is 5.56 Å². The maximum atomic E-state index is 12.1. The van der Waals surface area contributed by atoms with Crippen LogP contribution in [0.2, 0.25) is 0 Å². The van der Waals surface area contributed by atoms with Gasteiger partial charge in [-0.1, -0.05) is 0 Å². The van der Waals surface area contributed by atoms with Crippen molar-refractivity contribution in [3.8, 4) is 0 Å². The minimum absolute atomic E-state index is 0.361. The van der Waals surface area contributed by atoms with Gasteiger partial charge in [0.2, 0.25) is 10.0 Å². The van der Waals surface area contributed by atoms with Gasteiger partial charge in [-0.25, -0.2) is 8.42 Å². The van der Waals surface area contributed by atoms with E-state index in [4.69, 9.17) is 0 Å². The molecule has 0 spiro atoms. The normalized spacial score (nSPS) is 13.7. The van der Waals surface area contributed by atoms with E-state index in [0.29, 0.717) is 29.0 Å². The SMILES string of the molecule is O=S(=O)(NC(F)(F)F)c1ccc(C(F)(F)F)cc1. The van der Waals surface area contributed by atoms with Gasteiger partial charge in [-0.15, -0.1) is 4.72 Å². The van der Waals surface area contributed by atoms with E-state index in [1.165, 1.54) is 0 Å². The van der Waals surface area contributed by atoms with E-state index in [9.17, 15) is 34.8 Å². The summed E-state index contributed by atoms with van der Waals surface area (Å²) in [6.45, 7) is 0. The molecule has 0 saturated carbocycles. The fourth-order valence-electron chi connectivity index (χ4n) is 1.03. The van der Waals surface area contributed by atoms with Gasteiger partial charge in [0.25, 0.3) is 0 Å². The van der Waals surface area contributed by atoms with Crippen LogP contribution in [0.3, 0.4) is 0 Å². The molecule has 0 amide bonds. The summed E-state index contributed by atoms with van der Waals surface area (Å²) < 4.78 is 94.5. The zero-order valence-electron chi connectivity index (χ0n) is 8.30. The fourth-order valence-corrected chi connectivity index (χ4v) is 1.95. The Morgan fingerprint density at radius 2 is 1.33 bits per heavy atom. The lowest BCUT2D eigenvalue weighted by atomic mass is 10.2. The standard InChI is InChI=1S/C8H5F6NO2S/c9-7(10,11)5-1-3-6(4-2-5)18(16,17)15-8(12,13)14/h1-4,15H. The molecule has 102 valence electrons. The zero-order chi connectivity index (χ0) is 14.2. The number of hydrogen-bond donors (Lipinski definition) is 1. The first-order chi connectivity index (χ1) is 7.92. The van der Waals surface area contributed by atoms with Crippen molar-refractivity contribution in [2.24, 2.45) is 0 Å². The molecule has 1 rings (SSSR count). The maximum absolute atomic E-state index is 12.1. The molecule has 1 aromatic carbocycles. The molecule has 18 heavy (non-hydrogen) atoms. The number of hydrogen-bond acceptors (Lipinski definition) is 2.